The second kappa shape index (κ2) is 8.68. The third kappa shape index (κ3) is 4.34. The molecule has 7 heteroatoms. The zero-order valence-electron chi connectivity index (χ0n) is 16.8. The summed E-state index contributed by atoms with van der Waals surface area (Å²) in [5, 5.41) is 19.4. The molecule has 2 aromatic carbocycles. The van der Waals surface area contributed by atoms with Gasteiger partial charge in [-0.15, -0.1) is 0 Å². The number of unbranched alkanes of at least 4 members (excludes halogenated alkanes) is 1. The van der Waals surface area contributed by atoms with Crippen LogP contribution in [-0.4, -0.2) is 26.5 Å². The van der Waals surface area contributed by atoms with E-state index < -0.39 is 5.91 Å². The van der Waals surface area contributed by atoms with Crippen molar-refractivity contribution in [1.29, 1.82) is 0 Å². The number of carbonyl (C=O) groups is 1. The first kappa shape index (κ1) is 20.3. The quantitative estimate of drug-likeness (QED) is 0.496. The van der Waals surface area contributed by atoms with Crippen molar-refractivity contribution >= 4 is 22.4 Å². The van der Waals surface area contributed by atoms with Crippen LogP contribution in [0.5, 0.6) is 5.75 Å². The fourth-order valence-electron chi connectivity index (χ4n) is 3.05. The molecule has 3 rings (SSSR count). The van der Waals surface area contributed by atoms with Gasteiger partial charge in [0.15, 0.2) is 5.69 Å². The van der Waals surface area contributed by atoms with Gasteiger partial charge in [-0.2, -0.15) is 10.2 Å². The Hall–Kier alpha value is -3.48. The van der Waals surface area contributed by atoms with Gasteiger partial charge in [0.05, 0.1) is 11.1 Å². The maximum absolute atomic E-state index is 12.8. The Morgan fingerprint density at radius 2 is 1.93 bits per heavy atom. The summed E-state index contributed by atoms with van der Waals surface area (Å²) in [5.74, 6) is -0.430. The molecule has 1 aromatic heterocycles. The van der Waals surface area contributed by atoms with Gasteiger partial charge in [0.25, 0.3) is 11.5 Å². The summed E-state index contributed by atoms with van der Waals surface area (Å²) in [4.78, 5) is 25.5. The lowest BCUT2D eigenvalue weighted by Crippen LogP contribution is -2.29. The summed E-state index contributed by atoms with van der Waals surface area (Å²) < 4.78 is 1.34. The van der Waals surface area contributed by atoms with Gasteiger partial charge in [0.2, 0.25) is 0 Å². The van der Waals surface area contributed by atoms with E-state index in [0.29, 0.717) is 28.6 Å². The van der Waals surface area contributed by atoms with Crippen molar-refractivity contribution in [2.24, 2.45) is 5.10 Å². The number of nitrogens with one attached hydrogen (secondary N) is 1. The molecule has 0 fully saturated rings. The van der Waals surface area contributed by atoms with E-state index in [1.165, 1.54) is 4.68 Å². The first-order chi connectivity index (χ1) is 13.9. The van der Waals surface area contributed by atoms with Crippen LogP contribution in [0.1, 0.15) is 48.3 Å². The van der Waals surface area contributed by atoms with Gasteiger partial charge in [-0.1, -0.05) is 43.2 Å². The molecule has 150 valence electrons. The standard InChI is InChI=1S/C22H24N4O3/c1-4-5-12-26-22(29)17-9-7-6-8-16(17)20(25-26)21(28)24-23-15(3)18-13-14(2)10-11-19(18)27/h6-11,13,27H,4-5,12H2,1-3H3,(H,24,28)/b23-15+. The van der Waals surface area contributed by atoms with Crippen LogP contribution in [0, 0.1) is 6.92 Å². The number of amides is 1. The first-order valence-electron chi connectivity index (χ1n) is 9.57. The van der Waals surface area contributed by atoms with Crippen molar-refractivity contribution in [3.05, 3.63) is 69.6 Å². The highest BCUT2D eigenvalue weighted by Crippen LogP contribution is 2.19. The zero-order valence-corrected chi connectivity index (χ0v) is 16.8. The lowest BCUT2D eigenvalue weighted by atomic mass is 10.1. The molecule has 1 amide bonds. The molecule has 0 bridgehead atoms. The molecule has 0 aliphatic carbocycles. The van der Waals surface area contributed by atoms with Crippen molar-refractivity contribution < 1.29 is 9.90 Å². The molecule has 0 unspecified atom stereocenters. The molecule has 2 N–H and O–H groups in total. The van der Waals surface area contributed by atoms with Crippen LogP contribution in [0.25, 0.3) is 10.8 Å². The van der Waals surface area contributed by atoms with Crippen LogP contribution in [0.15, 0.2) is 52.4 Å². The zero-order chi connectivity index (χ0) is 21.0. The summed E-state index contributed by atoms with van der Waals surface area (Å²) in [6, 6.07) is 12.1. The van der Waals surface area contributed by atoms with Gasteiger partial charge >= 0.3 is 0 Å². The van der Waals surface area contributed by atoms with E-state index in [1.54, 1.807) is 49.4 Å². The van der Waals surface area contributed by atoms with E-state index in [-0.39, 0.29) is 17.0 Å². The van der Waals surface area contributed by atoms with Crippen LogP contribution in [0.2, 0.25) is 0 Å². The number of phenols is 1. The lowest BCUT2D eigenvalue weighted by molar-refractivity contribution is 0.0949. The van der Waals surface area contributed by atoms with Crippen LogP contribution in [0.4, 0.5) is 0 Å². The highest BCUT2D eigenvalue weighted by atomic mass is 16.3. The highest BCUT2D eigenvalue weighted by molar-refractivity contribution is 6.06. The minimum absolute atomic E-state index is 0.0859. The number of aryl methyl sites for hydroxylation is 2. The normalized spacial score (nSPS) is 11.6. The number of hydrazone groups is 1. The number of nitrogens with zero attached hydrogens (tertiary/aromatic N) is 3. The van der Waals surface area contributed by atoms with E-state index in [9.17, 15) is 14.7 Å². The monoisotopic (exact) mass is 392 g/mol. The Kier molecular flexibility index (Phi) is 6.07. The first-order valence-corrected chi connectivity index (χ1v) is 9.57. The van der Waals surface area contributed by atoms with Crippen molar-refractivity contribution in [2.75, 3.05) is 0 Å². The minimum Gasteiger partial charge on any atom is -0.507 e. The molecule has 29 heavy (non-hydrogen) atoms. The molecule has 7 nitrogen and oxygen atoms in total. The molecular formula is C22H24N4O3. The van der Waals surface area contributed by atoms with E-state index in [0.717, 1.165) is 18.4 Å². The Morgan fingerprint density at radius 3 is 2.66 bits per heavy atom. The number of rotatable bonds is 6. The molecule has 0 aliphatic heterocycles. The Bertz CT molecular complexity index is 1150. The maximum Gasteiger partial charge on any atom is 0.292 e. The summed E-state index contributed by atoms with van der Waals surface area (Å²) in [6.07, 6.45) is 1.70. The number of carbonyl (C=O) groups excluding carboxylic acids is 1. The number of aromatic nitrogens is 2. The van der Waals surface area contributed by atoms with Crippen LogP contribution < -0.4 is 11.0 Å². The molecule has 1 heterocycles. The number of phenolic OH excluding ortho intramolecular Hbond substituents is 1. The van der Waals surface area contributed by atoms with Crippen LogP contribution in [0.3, 0.4) is 0 Å². The Morgan fingerprint density at radius 1 is 1.21 bits per heavy atom. The second-order valence-electron chi connectivity index (χ2n) is 6.93. The predicted octanol–water partition coefficient (Wildman–Crippen LogP) is 3.36. The average Bonchev–Trinajstić information content (AvgIpc) is 2.73. The van der Waals surface area contributed by atoms with Crippen LogP contribution in [-0.2, 0) is 6.54 Å². The van der Waals surface area contributed by atoms with Crippen molar-refractivity contribution in [2.45, 2.75) is 40.2 Å². The predicted molar refractivity (Wildman–Crippen MR) is 113 cm³/mol. The third-order valence-corrected chi connectivity index (χ3v) is 4.67. The molecular weight excluding hydrogens is 368 g/mol. The number of aromatic hydroxyl groups is 1. The summed E-state index contributed by atoms with van der Waals surface area (Å²) >= 11 is 0. The van der Waals surface area contributed by atoms with E-state index >= 15 is 0 Å². The highest BCUT2D eigenvalue weighted by Gasteiger charge is 2.16. The van der Waals surface area contributed by atoms with E-state index in [2.05, 4.69) is 15.6 Å². The van der Waals surface area contributed by atoms with Gasteiger partial charge in [0.1, 0.15) is 5.75 Å². The Balaban J connectivity index is 1.97. The third-order valence-electron chi connectivity index (χ3n) is 4.67. The summed E-state index contributed by atoms with van der Waals surface area (Å²) in [7, 11) is 0. The average molecular weight is 392 g/mol. The molecule has 0 radical (unpaired) electrons. The van der Waals surface area contributed by atoms with Crippen molar-refractivity contribution in [3.8, 4) is 5.75 Å². The van der Waals surface area contributed by atoms with Crippen molar-refractivity contribution in [1.82, 2.24) is 15.2 Å². The summed E-state index contributed by atoms with van der Waals surface area (Å²) in [6.45, 7) is 6.07. The molecule has 0 spiro atoms. The van der Waals surface area contributed by atoms with Gasteiger partial charge in [0, 0.05) is 17.5 Å². The topological polar surface area (TPSA) is 96.6 Å². The molecule has 3 aromatic rings. The molecule has 0 saturated heterocycles. The fraction of sp³-hybridized carbons (Fsp3) is 0.273. The summed E-state index contributed by atoms with van der Waals surface area (Å²) in [5.41, 5.74) is 4.39. The van der Waals surface area contributed by atoms with Gasteiger partial charge in [-0.25, -0.2) is 10.1 Å². The molecule has 0 atom stereocenters. The maximum atomic E-state index is 12.8. The van der Waals surface area contributed by atoms with Crippen molar-refractivity contribution in [3.63, 3.8) is 0 Å². The molecule has 0 saturated carbocycles. The number of benzene rings is 2. The number of fused-ring (bicyclic) bond motifs is 1. The Labute approximate surface area is 168 Å². The smallest absolute Gasteiger partial charge is 0.292 e. The van der Waals surface area contributed by atoms with Gasteiger partial charge in [-0.05, 0) is 38.5 Å². The number of hydrogen-bond acceptors (Lipinski definition) is 5. The molecule has 0 aliphatic rings. The van der Waals surface area contributed by atoms with E-state index in [4.69, 9.17) is 0 Å². The van der Waals surface area contributed by atoms with Gasteiger partial charge in [-0.3, -0.25) is 9.59 Å². The number of hydrogen-bond donors (Lipinski definition) is 2. The SMILES string of the molecule is CCCCn1nc(C(=O)N/N=C(\C)c2cc(C)ccc2O)c2ccccc2c1=O. The van der Waals surface area contributed by atoms with Crippen LogP contribution >= 0.6 is 0 Å². The lowest BCUT2D eigenvalue weighted by Gasteiger charge is -2.10. The van der Waals surface area contributed by atoms with E-state index in [1.807, 2.05) is 13.8 Å². The fourth-order valence-corrected chi connectivity index (χ4v) is 3.05. The largest absolute Gasteiger partial charge is 0.507 e. The van der Waals surface area contributed by atoms with Gasteiger partial charge < -0.3 is 5.11 Å². The minimum atomic E-state index is -0.516. The second-order valence-corrected chi connectivity index (χ2v) is 6.93.